The molecule has 0 atom stereocenters. The van der Waals surface area contributed by atoms with Crippen LogP contribution in [0.25, 0.3) is 5.65 Å². The first kappa shape index (κ1) is 8.37. The van der Waals surface area contributed by atoms with Crippen molar-refractivity contribution >= 4 is 27.4 Å². The lowest BCUT2D eigenvalue weighted by Gasteiger charge is -1.90. The topological polar surface area (TPSA) is 47.3 Å². The van der Waals surface area contributed by atoms with E-state index in [0.717, 1.165) is 4.47 Å². The fraction of sp³-hybridized carbons (Fsp3) is 0.125. The van der Waals surface area contributed by atoms with Crippen molar-refractivity contribution in [1.82, 2.24) is 14.6 Å². The van der Waals surface area contributed by atoms with Gasteiger partial charge in [0.1, 0.15) is 0 Å². The smallest absolute Gasteiger partial charge is 0.217 e. The first-order chi connectivity index (χ1) is 6.18. The van der Waals surface area contributed by atoms with Gasteiger partial charge in [-0.3, -0.25) is 4.79 Å². The van der Waals surface area contributed by atoms with Gasteiger partial charge in [0.15, 0.2) is 11.4 Å². The van der Waals surface area contributed by atoms with Gasteiger partial charge in [0.2, 0.25) is 5.82 Å². The molecule has 0 aromatic carbocycles. The number of fused-ring (bicyclic) bond motifs is 1. The van der Waals surface area contributed by atoms with E-state index in [4.69, 9.17) is 0 Å². The van der Waals surface area contributed by atoms with E-state index in [2.05, 4.69) is 26.0 Å². The molecule has 2 aromatic rings. The predicted octanol–water partition coefficient (Wildman–Crippen LogP) is 1.69. The molecule has 0 N–H and O–H groups in total. The number of carbonyl (C=O) groups is 1. The number of hydrogen-bond donors (Lipinski definition) is 0. The van der Waals surface area contributed by atoms with Crippen LogP contribution in [-0.2, 0) is 0 Å². The van der Waals surface area contributed by atoms with Crippen LogP contribution >= 0.6 is 15.9 Å². The fourth-order valence-corrected chi connectivity index (χ4v) is 1.45. The quantitative estimate of drug-likeness (QED) is 0.712. The van der Waals surface area contributed by atoms with Crippen LogP contribution in [0.5, 0.6) is 0 Å². The highest BCUT2D eigenvalue weighted by atomic mass is 79.9. The van der Waals surface area contributed by atoms with E-state index in [1.54, 1.807) is 10.7 Å². The Morgan fingerprint density at radius 2 is 2.38 bits per heavy atom. The van der Waals surface area contributed by atoms with Crippen molar-refractivity contribution in [2.75, 3.05) is 0 Å². The molecule has 0 aliphatic rings. The second-order valence-electron chi connectivity index (χ2n) is 2.62. The van der Waals surface area contributed by atoms with E-state index >= 15 is 0 Å². The normalized spacial score (nSPS) is 10.6. The fourth-order valence-electron chi connectivity index (χ4n) is 1.02. The third-order valence-corrected chi connectivity index (χ3v) is 2.25. The summed E-state index contributed by atoms with van der Waals surface area (Å²) < 4.78 is 2.40. The summed E-state index contributed by atoms with van der Waals surface area (Å²) in [6.07, 6.45) is 1.75. The van der Waals surface area contributed by atoms with Gasteiger partial charge in [0, 0.05) is 13.1 Å². The average Bonchev–Trinajstić information content (AvgIpc) is 2.49. The molecule has 0 aliphatic heterocycles. The van der Waals surface area contributed by atoms with E-state index in [1.807, 2.05) is 12.1 Å². The van der Waals surface area contributed by atoms with Crippen LogP contribution in [-0.4, -0.2) is 20.4 Å². The van der Waals surface area contributed by atoms with Gasteiger partial charge in [-0.05, 0) is 28.1 Å². The molecule has 2 rings (SSSR count). The minimum atomic E-state index is -0.129. The number of aromatic nitrogens is 3. The third kappa shape index (κ3) is 1.35. The SMILES string of the molecule is CC(=O)c1nc2c(Br)cccn2n1. The number of rotatable bonds is 1. The zero-order chi connectivity index (χ0) is 9.42. The Balaban J connectivity index is 2.75. The lowest BCUT2D eigenvalue weighted by atomic mass is 10.4. The molecule has 0 radical (unpaired) electrons. The van der Waals surface area contributed by atoms with Crippen LogP contribution < -0.4 is 0 Å². The van der Waals surface area contributed by atoms with Crippen molar-refractivity contribution in [2.45, 2.75) is 6.92 Å². The van der Waals surface area contributed by atoms with Crippen LogP contribution in [0.4, 0.5) is 0 Å². The van der Waals surface area contributed by atoms with Gasteiger partial charge in [-0.1, -0.05) is 0 Å². The second kappa shape index (κ2) is 2.92. The van der Waals surface area contributed by atoms with E-state index in [0.29, 0.717) is 5.65 Å². The zero-order valence-electron chi connectivity index (χ0n) is 6.86. The van der Waals surface area contributed by atoms with Crippen molar-refractivity contribution in [2.24, 2.45) is 0 Å². The Bertz CT molecular complexity index is 477. The Kier molecular flexibility index (Phi) is 1.88. The number of carbonyl (C=O) groups excluding carboxylic acids is 1. The molecule has 4 nitrogen and oxygen atoms in total. The number of nitrogens with zero attached hydrogens (tertiary/aromatic N) is 3. The van der Waals surface area contributed by atoms with E-state index in [-0.39, 0.29) is 11.6 Å². The monoisotopic (exact) mass is 239 g/mol. The van der Waals surface area contributed by atoms with E-state index in [9.17, 15) is 4.79 Å². The first-order valence-corrected chi connectivity index (χ1v) is 4.49. The van der Waals surface area contributed by atoms with Crippen LogP contribution in [0.3, 0.4) is 0 Å². The Morgan fingerprint density at radius 3 is 3.00 bits per heavy atom. The zero-order valence-corrected chi connectivity index (χ0v) is 8.45. The minimum absolute atomic E-state index is 0.129. The molecule has 0 spiro atoms. The van der Waals surface area contributed by atoms with Crippen molar-refractivity contribution < 1.29 is 4.79 Å². The summed E-state index contributed by atoms with van der Waals surface area (Å²) in [5, 5.41) is 4.00. The van der Waals surface area contributed by atoms with Gasteiger partial charge < -0.3 is 0 Å². The molecule has 2 aromatic heterocycles. The maximum atomic E-state index is 11.0. The molecule has 0 aliphatic carbocycles. The van der Waals surface area contributed by atoms with Crippen molar-refractivity contribution in [3.05, 3.63) is 28.6 Å². The minimum Gasteiger partial charge on any atom is -0.291 e. The molecular formula is C8H6BrN3O. The number of Topliss-reactive ketones (excluding diaryl/α,β-unsaturated/α-hetero) is 1. The highest BCUT2D eigenvalue weighted by molar-refractivity contribution is 9.10. The molecule has 0 saturated heterocycles. The molecule has 66 valence electrons. The number of hydrogen-bond acceptors (Lipinski definition) is 3. The number of pyridine rings is 1. The summed E-state index contributed by atoms with van der Waals surface area (Å²) in [5.41, 5.74) is 0.660. The number of ketones is 1. The molecule has 13 heavy (non-hydrogen) atoms. The lowest BCUT2D eigenvalue weighted by Crippen LogP contribution is -1.95. The number of halogens is 1. The molecule has 0 amide bonds. The largest absolute Gasteiger partial charge is 0.291 e. The third-order valence-electron chi connectivity index (χ3n) is 1.63. The Morgan fingerprint density at radius 1 is 1.62 bits per heavy atom. The standard InChI is InChI=1S/C8H6BrN3O/c1-5(13)7-10-8-6(9)3-2-4-12(8)11-7/h2-4H,1H3. The van der Waals surface area contributed by atoms with Crippen LogP contribution in [0.15, 0.2) is 22.8 Å². The van der Waals surface area contributed by atoms with Gasteiger partial charge in [-0.2, -0.15) is 0 Å². The summed E-state index contributed by atoms with van der Waals surface area (Å²) in [4.78, 5) is 15.0. The van der Waals surface area contributed by atoms with Gasteiger partial charge >= 0.3 is 0 Å². The van der Waals surface area contributed by atoms with Crippen LogP contribution in [0, 0.1) is 0 Å². The second-order valence-corrected chi connectivity index (χ2v) is 3.47. The van der Waals surface area contributed by atoms with Gasteiger partial charge in [-0.15, -0.1) is 5.10 Å². The van der Waals surface area contributed by atoms with Gasteiger partial charge in [0.25, 0.3) is 0 Å². The van der Waals surface area contributed by atoms with Crippen molar-refractivity contribution in [3.63, 3.8) is 0 Å². The van der Waals surface area contributed by atoms with Gasteiger partial charge in [-0.25, -0.2) is 9.50 Å². The van der Waals surface area contributed by atoms with E-state index < -0.39 is 0 Å². The lowest BCUT2D eigenvalue weighted by molar-refractivity contribution is 0.100. The highest BCUT2D eigenvalue weighted by Crippen LogP contribution is 2.15. The Labute approximate surface area is 82.7 Å². The van der Waals surface area contributed by atoms with Gasteiger partial charge in [0.05, 0.1) is 4.47 Å². The Hall–Kier alpha value is -1.23. The summed E-state index contributed by atoms with van der Waals surface area (Å²) >= 11 is 3.32. The summed E-state index contributed by atoms with van der Waals surface area (Å²) in [5.74, 6) is 0.113. The van der Waals surface area contributed by atoms with Crippen molar-refractivity contribution in [3.8, 4) is 0 Å². The molecule has 2 heterocycles. The summed E-state index contributed by atoms with van der Waals surface area (Å²) in [6.45, 7) is 1.45. The molecule has 0 bridgehead atoms. The molecule has 0 fully saturated rings. The highest BCUT2D eigenvalue weighted by Gasteiger charge is 2.08. The van der Waals surface area contributed by atoms with Crippen molar-refractivity contribution in [1.29, 1.82) is 0 Å². The van der Waals surface area contributed by atoms with Crippen LogP contribution in [0.1, 0.15) is 17.5 Å². The summed E-state index contributed by atoms with van der Waals surface area (Å²) in [6, 6.07) is 3.68. The van der Waals surface area contributed by atoms with Crippen LogP contribution in [0.2, 0.25) is 0 Å². The molecule has 0 saturated carbocycles. The van der Waals surface area contributed by atoms with E-state index in [1.165, 1.54) is 6.92 Å². The predicted molar refractivity (Wildman–Crippen MR) is 50.7 cm³/mol. The summed E-state index contributed by atoms with van der Waals surface area (Å²) in [7, 11) is 0. The maximum absolute atomic E-state index is 11.0. The molecular weight excluding hydrogens is 234 g/mol. The molecule has 0 unspecified atom stereocenters. The average molecular weight is 240 g/mol. The maximum Gasteiger partial charge on any atom is 0.217 e. The molecule has 5 heteroatoms. The first-order valence-electron chi connectivity index (χ1n) is 3.70.